The Morgan fingerprint density at radius 3 is 2.73 bits per heavy atom. The molecule has 8 nitrogen and oxygen atoms in total. The number of thioether (sulfide) groups is 1. The zero-order chi connectivity index (χ0) is 23.0. The number of esters is 1. The van der Waals surface area contributed by atoms with E-state index in [9.17, 15) is 9.59 Å². The maximum atomic E-state index is 12.6. The van der Waals surface area contributed by atoms with Gasteiger partial charge in [0.1, 0.15) is 5.00 Å². The second-order valence-electron chi connectivity index (χ2n) is 6.84. The Balaban J connectivity index is 1.50. The highest BCUT2D eigenvalue weighted by Crippen LogP contribution is 2.27. The van der Waals surface area contributed by atoms with E-state index >= 15 is 0 Å². The van der Waals surface area contributed by atoms with Crippen molar-refractivity contribution in [1.29, 1.82) is 0 Å². The van der Waals surface area contributed by atoms with Gasteiger partial charge in [0.2, 0.25) is 5.91 Å². The molecule has 0 spiro atoms. The summed E-state index contributed by atoms with van der Waals surface area (Å²) in [5.74, 6) is 0.0912. The van der Waals surface area contributed by atoms with Gasteiger partial charge in [-0.3, -0.25) is 14.3 Å². The van der Waals surface area contributed by atoms with Crippen LogP contribution in [0.5, 0.6) is 0 Å². The first-order valence-corrected chi connectivity index (χ1v) is 12.1. The van der Waals surface area contributed by atoms with Crippen molar-refractivity contribution in [2.45, 2.75) is 18.6 Å². The first-order valence-electron chi connectivity index (χ1n) is 10.2. The van der Waals surface area contributed by atoms with E-state index in [0.717, 1.165) is 11.1 Å². The lowest BCUT2D eigenvalue weighted by Crippen LogP contribution is -2.16. The summed E-state index contributed by atoms with van der Waals surface area (Å²) in [7, 11) is 0. The quantitative estimate of drug-likeness (QED) is 0.281. The molecule has 0 bridgehead atoms. The first-order chi connectivity index (χ1) is 16.2. The summed E-state index contributed by atoms with van der Waals surface area (Å²) in [6.07, 6.45) is 3.44. The number of hydrogen-bond acceptors (Lipinski definition) is 8. The van der Waals surface area contributed by atoms with E-state index < -0.39 is 5.97 Å². The van der Waals surface area contributed by atoms with Crippen LogP contribution in [0, 0.1) is 0 Å². The van der Waals surface area contributed by atoms with Crippen LogP contribution >= 0.6 is 23.1 Å². The molecule has 4 rings (SSSR count). The zero-order valence-corrected chi connectivity index (χ0v) is 19.4. The van der Waals surface area contributed by atoms with Crippen LogP contribution in [0.1, 0.15) is 22.8 Å². The van der Waals surface area contributed by atoms with E-state index in [1.807, 2.05) is 47.0 Å². The Hall–Kier alpha value is -3.50. The van der Waals surface area contributed by atoms with Crippen molar-refractivity contribution in [1.82, 2.24) is 19.7 Å². The number of benzene rings is 1. The Labute approximate surface area is 199 Å². The summed E-state index contributed by atoms with van der Waals surface area (Å²) in [6, 6.07) is 15.4. The molecule has 0 aliphatic rings. The van der Waals surface area contributed by atoms with Crippen molar-refractivity contribution in [3.05, 3.63) is 77.4 Å². The number of ether oxygens (including phenoxy) is 1. The highest BCUT2D eigenvalue weighted by molar-refractivity contribution is 7.99. The highest BCUT2D eigenvalue weighted by Gasteiger charge is 2.19. The standard InChI is InChI=1S/C23H21N5O3S2/c1-2-31-22(30)18-10-12-32-21(18)25-19(29)15-33-23-27-26-20(17-9-6-11-24-13-17)28(23)14-16-7-4-3-5-8-16/h3-13H,2,14-15H2,1H3,(H,25,29). The lowest BCUT2D eigenvalue weighted by molar-refractivity contribution is -0.113. The molecule has 0 saturated heterocycles. The molecule has 1 aromatic carbocycles. The van der Waals surface area contributed by atoms with E-state index in [2.05, 4.69) is 20.5 Å². The van der Waals surface area contributed by atoms with Gasteiger partial charge >= 0.3 is 5.97 Å². The SMILES string of the molecule is CCOC(=O)c1ccsc1NC(=O)CSc1nnc(-c2cccnc2)n1Cc1ccccc1. The van der Waals surface area contributed by atoms with Crippen LogP contribution in [-0.4, -0.2) is 44.0 Å². The maximum absolute atomic E-state index is 12.6. The van der Waals surface area contributed by atoms with Crippen molar-refractivity contribution in [3.8, 4) is 11.4 Å². The maximum Gasteiger partial charge on any atom is 0.341 e. The molecular formula is C23H21N5O3S2. The zero-order valence-electron chi connectivity index (χ0n) is 17.8. The minimum atomic E-state index is -0.453. The van der Waals surface area contributed by atoms with Gasteiger partial charge in [-0.15, -0.1) is 21.5 Å². The lowest BCUT2D eigenvalue weighted by Gasteiger charge is -2.10. The molecule has 0 atom stereocenters. The molecule has 0 aliphatic heterocycles. The van der Waals surface area contributed by atoms with Gasteiger partial charge in [-0.25, -0.2) is 4.79 Å². The number of amides is 1. The average molecular weight is 480 g/mol. The summed E-state index contributed by atoms with van der Waals surface area (Å²) in [6.45, 7) is 2.57. The number of rotatable bonds is 9. The van der Waals surface area contributed by atoms with Crippen LogP contribution in [-0.2, 0) is 16.1 Å². The molecule has 168 valence electrons. The van der Waals surface area contributed by atoms with Crippen molar-refractivity contribution in [3.63, 3.8) is 0 Å². The Morgan fingerprint density at radius 2 is 1.97 bits per heavy atom. The van der Waals surface area contributed by atoms with E-state index in [-0.39, 0.29) is 18.3 Å². The first kappa shape index (κ1) is 22.7. The number of thiophene rings is 1. The number of carbonyl (C=O) groups excluding carboxylic acids is 2. The molecule has 3 heterocycles. The molecule has 3 aromatic heterocycles. The van der Waals surface area contributed by atoms with Crippen molar-refractivity contribution in [2.75, 3.05) is 17.7 Å². The van der Waals surface area contributed by atoms with E-state index in [0.29, 0.717) is 28.1 Å². The van der Waals surface area contributed by atoms with Crippen molar-refractivity contribution in [2.24, 2.45) is 0 Å². The molecule has 0 fully saturated rings. The van der Waals surface area contributed by atoms with Gasteiger partial charge in [0.25, 0.3) is 0 Å². The van der Waals surface area contributed by atoms with Crippen LogP contribution in [0.2, 0.25) is 0 Å². The molecule has 4 aromatic rings. The average Bonchev–Trinajstić information content (AvgIpc) is 3.46. The Kier molecular flexibility index (Phi) is 7.48. The predicted molar refractivity (Wildman–Crippen MR) is 128 cm³/mol. The van der Waals surface area contributed by atoms with Crippen LogP contribution in [0.3, 0.4) is 0 Å². The number of anilines is 1. The van der Waals surface area contributed by atoms with Gasteiger partial charge in [-0.1, -0.05) is 42.1 Å². The lowest BCUT2D eigenvalue weighted by atomic mass is 10.2. The fourth-order valence-electron chi connectivity index (χ4n) is 3.08. The van der Waals surface area contributed by atoms with Crippen LogP contribution < -0.4 is 5.32 Å². The predicted octanol–water partition coefficient (Wildman–Crippen LogP) is 4.36. The largest absolute Gasteiger partial charge is 0.462 e. The fourth-order valence-corrected chi connectivity index (χ4v) is 4.61. The number of nitrogens with zero attached hydrogens (tertiary/aromatic N) is 4. The number of hydrogen-bond donors (Lipinski definition) is 1. The third-order valence-electron chi connectivity index (χ3n) is 4.57. The second-order valence-corrected chi connectivity index (χ2v) is 8.70. The number of carbonyl (C=O) groups is 2. The third kappa shape index (κ3) is 5.65. The van der Waals surface area contributed by atoms with Crippen LogP contribution in [0.25, 0.3) is 11.4 Å². The number of aromatic nitrogens is 4. The minimum Gasteiger partial charge on any atom is -0.462 e. The number of nitrogens with one attached hydrogen (secondary N) is 1. The minimum absolute atomic E-state index is 0.111. The molecule has 1 amide bonds. The van der Waals surface area contributed by atoms with Crippen molar-refractivity contribution >= 4 is 40.0 Å². The highest BCUT2D eigenvalue weighted by atomic mass is 32.2. The monoisotopic (exact) mass is 479 g/mol. The molecule has 0 saturated carbocycles. The van der Waals surface area contributed by atoms with Gasteiger partial charge in [0, 0.05) is 18.0 Å². The van der Waals surface area contributed by atoms with Crippen LogP contribution in [0.4, 0.5) is 5.00 Å². The summed E-state index contributed by atoms with van der Waals surface area (Å²) in [5, 5.41) is 14.3. The molecular weight excluding hydrogens is 458 g/mol. The van der Waals surface area contributed by atoms with E-state index in [4.69, 9.17) is 4.74 Å². The Bertz CT molecular complexity index is 1230. The van der Waals surface area contributed by atoms with E-state index in [1.54, 1.807) is 30.8 Å². The number of pyridine rings is 1. The summed E-state index contributed by atoms with van der Waals surface area (Å²) < 4.78 is 7.01. The summed E-state index contributed by atoms with van der Waals surface area (Å²) in [4.78, 5) is 28.8. The molecule has 1 N–H and O–H groups in total. The summed E-state index contributed by atoms with van der Waals surface area (Å²) in [5.41, 5.74) is 2.28. The molecule has 0 radical (unpaired) electrons. The van der Waals surface area contributed by atoms with Crippen LogP contribution in [0.15, 0.2) is 71.5 Å². The second kappa shape index (κ2) is 10.9. The molecule has 33 heavy (non-hydrogen) atoms. The van der Waals surface area contributed by atoms with Gasteiger partial charge in [-0.2, -0.15) is 0 Å². The van der Waals surface area contributed by atoms with Gasteiger partial charge in [0.15, 0.2) is 11.0 Å². The van der Waals surface area contributed by atoms with Crippen molar-refractivity contribution < 1.29 is 14.3 Å². The smallest absolute Gasteiger partial charge is 0.341 e. The molecule has 0 aliphatic carbocycles. The Morgan fingerprint density at radius 1 is 1.12 bits per heavy atom. The topological polar surface area (TPSA) is 99.0 Å². The molecule has 10 heteroatoms. The van der Waals surface area contributed by atoms with Gasteiger partial charge < -0.3 is 10.1 Å². The normalized spacial score (nSPS) is 10.7. The third-order valence-corrected chi connectivity index (χ3v) is 6.36. The van der Waals surface area contributed by atoms with Gasteiger partial charge in [0.05, 0.1) is 24.5 Å². The van der Waals surface area contributed by atoms with E-state index in [1.165, 1.54) is 23.1 Å². The fraction of sp³-hybridized carbons (Fsp3) is 0.174. The molecule has 0 unspecified atom stereocenters. The van der Waals surface area contributed by atoms with Gasteiger partial charge in [-0.05, 0) is 36.1 Å². The summed E-state index contributed by atoms with van der Waals surface area (Å²) >= 11 is 2.56.